The van der Waals surface area contributed by atoms with Gasteiger partial charge < -0.3 is 25.2 Å². The van der Waals surface area contributed by atoms with E-state index in [1.165, 1.54) is 18.2 Å². The first-order valence-electron chi connectivity index (χ1n) is 6.84. The van der Waals surface area contributed by atoms with Crippen molar-refractivity contribution in [3.8, 4) is 5.75 Å². The van der Waals surface area contributed by atoms with Crippen LogP contribution < -0.4 is 0 Å². The van der Waals surface area contributed by atoms with E-state index in [9.17, 15) is 19.8 Å². The number of aliphatic carboxylic acids is 1. The fourth-order valence-electron chi connectivity index (χ4n) is 2.14. The lowest BCUT2D eigenvalue weighted by atomic mass is 9.92. The minimum Gasteiger partial charge on any atom is -0.508 e. The Balaban J connectivity index is 2.00. The van der Waals surface area contributed by atoms with Gasteiger partial charge in [0, 0.05) is 18.1 Å². The summed E-state index contributed by atoms with van der Waals surface area (Å²) in [6.07, 6.45) is -0.530. The van der Waals surface area contributed by atoms with Crippen molar-refractivity contribution in [3.05, 3.63) is 47.6 Å². The molecule has 1 aromatic rings. The van der Waals surface area contributed by atoms with Gasteiger partial charge in [-0.15, -0.1) is 0 Å². The fraction of sp³-hybridized carbons (Fsp3) is 0.250. The van der Waals surface area contributed by atoms with E-state index in [4.69, 9.17) is 14.9 Å². The molecule has 0 fully saturated rings. The number of carbonyl (C=O) groups excluding carboxylic acids is 1. The Bertz CT molecular complexity index is 645. The summed E-state index contributed by atoms with van der Waals surface area (Å²) in [4.78, 5) is 22.7. The minimum atomic E-state index is -1.41. The molecule has 3 atom stereocenters. The molecule has 0 saturated heterocycles. The average Bonchev–Trinajstić information content (AvgIpc) is 2.51. The maximum Gasteiger partial charge on any atom is 0.331 e. The van der Waals surface area contributed by atoms with Crippen LogP contribution in [0.25, 0.3) is 6.08 Å². The summed E-state index contributed by atoms with van der Waals surface area (Å²) < 4.78 is 5.01. The smallest absolute Gasteiger partial charge is 0.331 e. The molecule has 23 heavy (non-hydrogen) atoms. The van der Waals surface area contributed by atoms with Gasteiger partial charge in [-0.3, -0.25) is 0 Å². The lowest BCUT2D eigenvalue weighted by Gasteiger charge is -2.29. The Morgan fingerprint density at radius 3 is 2.43 bits per heavy atom. The van der Waals surface area contributed by atoms with Gasteiger partial charge in [-0.1, -0.05) is 12.1 Å². The Morgan fingerprint density at radius 1 is 1.17 bits per heavy atom. The molecular formula is C16H16O7. The zero-order valence-electron chi connectivity index (χ0n) is 12.0. The number of carboxylic acids is 1. The number of ether oxygens (including phenoxy) is 1. The molecule has 0 heterocycles. The predicted molar refractivity (Wildman–Crippen MR) is 79.4 cm³/mol. The molecule has 1 aliphatic carbocycles. The molecular weight excluding hydrogens is 304 g/mol. The van der Waals surface area contributed by atoms with E-state index in [1.807, 2.05) is 0 Å². The molecule has 122 valence electrons. The molecule has 7 nitrogen and oxygen atoms in total. The third kappa shape index (κ3) is 4.41. The van der Waals surface area contributed by atoms with Crippen LogP contribution in [0.4, 0.5) is 0 Å². The van der Waals surface area contributed by atoms with Crippen molar-refractivity contribution in [2.75, 3.05) is 0 Å². The van der Waals surface area contributed by atoms with E-state index in [-0.39, 0.29) is 17.7 Å². The van der Waals surface area contributed by atoms with Crippen LogP contribution >= 0.6 is 0 Å². The van der Waals surface area contributed by atoms with Gasteiger partial charge >= 0.3 is 11.9 Å². The van der Waals surface area contributed by atoms with Crippen molar-refractivity contribution in [1.29, 1.82) is 0 Å². The number of esters is 1. The zero-order valence-corrected chi connectivity index (χ0v) is 12.0. The third-order valence-electron chi connectivity index (χ3n) is 3.37. The SMILES string of the molecule is O=C(/C=C/c1ccc(O)cc1)O[C@@H]1CC(C(=O)O)=C[C@@H](O)[C@@H]1O. The molecule has 0 aliphatic heterocycles. The molecule has 1 aliphatic rings. The van der Waals surface area contributed by atoms with Crippen LogP contribution in [0.15, 0.2) is 42.0 Å². The van der Waals surface area contributed by atoms with Crippen LogP contribution in [-0.2, 0) is 14.3 Å². The summed E-state index contributed by atoms with van der Waals surface area (Å²) in [5.74, 6) is -1.92. The van der Waals surface area contributed by atoms with E-state index in [1.54, 1.807) is 12.1 Å². The van der Waals surface area contributed by atoms with Gasteiger partial charge in [-0.25, -0.2) is 9.59 Å². The van der Waals surface area contributed by atoms with Crippen molar-refractivity contribution in [2.24, 2.45) is 0 Å². The van der Waals surface area contributed by atoms with Crippen LogP contribution in [0, 0.1) is 0 Å². The van der Waals surface area contributed by atoms with Crippen molar-refractivity contribution in [3.63, 3.8) is 0 Å². The van der Waals surface area contributed by atoms with Crippen molar-refractivity contribution in [2.45, 2.75) is 24.7 Å². The third-order valence-corrected chi connectivity index (χ3v) is 3.37. The number of benzene rings is 1. The van der Waals surface area contributed by atoms with E-state index < -0.39 is 30.3 Å². The molecule has 0 radical (unpaired) electrons. The Labute approximate surface area is 131 Å². The highest BCUT2D eigenvalue weighted by Crippen LogP contribution is 2.22. The van der Waals surface area contributed by atoms with E-state index in [0.717, 1.165) is 12.2 Å². The molecule has 0 bridgehead atoms. The normalized spacial score (nSPS) is 24.3. The summed E-state index contributed by atoms with van der Waals surface area (Å²) in [6.45, 7) is 0. The second-order valence-electron chi connectivity index (χ2n) is 5.08. The lowest BCUT2D eigenvalue weighted by Crippen LogP contribution is -2.43. The second-order valence-corrected chi connectivity index (χ2v) is 5.08. The number of phenolic OH excluding ortho intramolecular Hbond substituents is 1. The van der Waals surface area contributed by atoms with Crippen molar-refractivity contribution >= 4 is 18.0 Å². The van der Waals surface area contributed by atoms with Crippen molar-refractivity contribution in [1.82, 2.24) is 0 Å². The molecule has 0 spiro atoms. The number of hydrogen-bond acceptors (Lipinski definition) is 6. The monoisotopic (exact) mass is 320 g/mol. The molecule has 7 heteroatoms. The average molecular weight is 320 g/mol. The summed E-state index contributed by atoms with van der Waals surface area (Å²) in [7, 11) is 0. The van der Waals surface area contributed by atoms with Crippen LogP contribution in [0.1, 0.15) is 12.0 Å². The molecule has 0 aromatic heterocycles. The highest BCUT2D eigenvalue weighted by molar-refractivity contribution is 5.88. The maximum atomic E-state index is 11.8. The topological polar surface area (TPSA) is 124 Å². The number of aliphatic hydroxyl groups is 2. The first-order valence-corrected chi connectivity index (χ1v) is 6.84. The maximum absolute atomic E-state index is 11.8. The number of carboxylic acid groups (broad SMARTS) is 1. The highest BCUT2D eigenvalue weighted by Gasteiger charge is 2.35. The molecule has 0 unspecified atom stereocenters. The van der Waals surface area contributed by atoms with Gasteiger partial charge in [-0.2, -0.15) is 0 Å². The number of aromatic hydroxyl groups is 1. The van der Waals surface area contributed by atoms with Gasteiger partial charge in [0.05, 0.1) is 0 Å². The summed E-state index contributed by atoms with van der Waals surface area (Å²) in [5, 5.41) is 37.5. The van der Waals surface area contributed by atoms with E-state index in [0.29, 0.717) is 5.56 Å². The van der Waals surface area contributed by atoms with E-state index >= 15 is 0 Å². The summed E-state index contributed by atoms with van der Waals surface area (Å²) in [5.41, 5.74) is 0.526. The summed E-state index contributed by atoms with van der Waals surface area (Å²) in [6, 6.07) is 6.08. The highest BCUT2D eigenvalue weighted by atomic mass is 16.6. The molecule has 0 amide bonds. The van der Waals surface area contributed by atoms with Gasteiger partial charge in [-0.05, 0) is 29.8 Å². The second kappa shape index (κ2) is 7.08. The van der Waals surface area contributed by atoms with Gasteiger partial charge in [0.15, 0.2) is 0 Å². The number of phenols is 1. The first-order chi connectivity index (χ1) is 10.9. The molecule has 4 N–H and O–H groups in total. The van der Waals surface area contributed by atoms with Gasteiger partial charge in [0.25, 0.3) is 0 Å². The van der Waals surface area contributed by atoms with Crippen LogP contribution in [-0.4, -0.2) is 50.7 Å². The van der Waals surface area contributed by atoms with Crippen LogP contribution in [0.3, 0.4) is 0 Å². The summed E-state index contributed by atoms with van der Waals surface area (Å²) >= 11 is 0. The molecule has 2 rings (SSSR count). The standard InChI is InChI=1S/C16H16O7/c17-11-4-1-9(2-5-11)3-6-14(19)23-13-8-10(16(21)22)7-12(18)15(13)20/h1-7,12-13,15,17-18,20H,8H2,(H,21,22)/b6-3+/t12-,13-,15+/m1/s1. The number of hydrogen-bond donors (Lipinski definition) is 4. The lowest BCUT2D eigenvalue weighted by molar-refractivity contribution is -0.154. The molecule has 0 saturated carbocycles. The largest absolute Gasteiger partial charge is 0.508 e. The number of carbonyl (C=O) groups is 2. The number of rotatable bonds is 4. The zero-order chi connectivity index (χ0) is 17.0. The van der Waals surface area contributed by atoms with Gasteiger partial charge in [0.2, 0.25) is 0 Å². The van der Waals surface area contributed by atoms with Crippen molar-refractivity contribution < 1.29 is 34.8 Å². The quantitative estimate of drug-likeness (QED) is 0.469. The Morgan fingerprint density at radius 2 is 1.83 bits per heavy atom. The Kier molecular flexibility index (Phi) is 5.15. The molecule has 1 aromatic carbocycles. The predicted octanol–water partition coefficient (Wildman–Crippen LogP) is 0.454. The van der Waals surface area contributed by atoms with Crippen LogP contribution in [0.5, 0.6) is 5.75 Å². The Hall–Kier alpha value is -2.64. The van der Waals surface area contributed by atoms with E-state index in [2.05, 4.69) is 0 Å². The first kappa shape index (κ1) is 16.7. The number of aliphatic hydroxyl groups excluding tert-OH is 2. The minimum absolute atomic E-state index is 0.0945. The fourth-order valence-corrected chi connectivity index (χ4v) is 2.14. The van der Waals surface area contributed by atoms with Crippen LogP contribution in [0.2, 0.25) is 0 Å². The van der Waals surface area contributed by atoms with Gasteiger partial charge in [0.1, 0.15) is 24.1 Å².